The second-order valence-corrected chi connectivity index (χ2v) is 5.36. The third-order valence-electron chi connectivity index (χ3n) is 1.52. The van der Waals surface area contributed by atoms with Crippen molar-refractivity contribution in [2.45, 2.75) is 6.92 Å². The summed E-state index contributed by atoms with van der Waals surface area (Å²) in [5.41, 5.74) is 9.19. The maximum absolute atomic E-state index is 7.79. The van der Waals surface area contributed by atoms with Crippen molar-refractivity contribution in [2.24, 2.45) is 0 Å². The molecule has 0 saturated heterocycles. The van der Waals surface area contributed by atoms with Crippen molar-refractivity contribution in [2.75, 3.05) is 0 Å². The summed E-state index contributed by atoms with van der Waals surface area (Å²) >= 11 is 1.94. The quantitative estimate of drug-likeness (QED) is 0.700. The van der Waals surface area contributed by atoms with E-state index in [1.165, 1.54) is 0 Å². The Balaban J connectivity index is 3.03. The van der Waals surface area contributed by atoms with Gasteiger partial charge >= 0.3 is 99.3 Å². The number of halogens is 2. The zero-order valence-electron chi connectivity index (χ0n) is 7.05. The molecule has 1 aromatic carbocycles. The average molecular weight is 401 g/mol. The number of hydrogen-bond acceptors (Lipinski definition) is 1. The van der Waals surface area contributed by atoms with Gasteiger partial charge in [0.2, 0.25) is 0 Å². The van der Waals surface area contributed by atoms with E-state index < -0.39 is 0 Å². The molecule has 0 fully saturated rings. The number of nitrogens with one attached hydrogen (secondary N) is 1. The molecule has 0 amide bonds. The Hall–Kier alpha value is 0.0200. The topological polar surface area (TPSA) is 33.0 Å². The predicted octanol–water partition coefficient (Wildman–Crippen LogP) is 1.14. The van der Waals surface area contributed by atoms with E-state index in [9.17, 15) is 0 Å². The molecule has 0 radical (unpaired) electrons. The maximum atomic E-state index is 7.79. The first-order valence-electron chi connectivity index (χ1n) is 3.69. The van der Waals surface area contributed by atoms with E-state index in [-0.39, 0.29) is 17.6 Å². The van der Waals surface area contributed by atoms with Gasteiger partial charge in [-0.15, -0.1) is 0 Å². The molecule has 0 aliphatic rings. The molecular formula is C9H9I2NO-2. The van der Waals surface area contributed by atoms with Crippen molar-refractivity contribution in [3.63, 3.8) is 0 Å². The van der Waals surface area contributed by atoms with Gasteiger partial charge in [-0.2, -0.15) is 0 Å². The molecule has 0 spiro atoms. The molecule has 0 saturated carbocycles. The zero-order valence-corrected chi connectivity index (χ0v) is 11.4. The van der Waals surface area contributed by atoms with Crippen LogP contribution in [-0.2, 0) is 0 Å². The molecule has 0 aliphatic carbocycles. The number of rotatable bonds is 3. The fraction of sp³-hybridized carbons (Fsp3) is 0.111. The molecule has 2 nitrogen and oxygen atoms in total. The Kier molecular flexibility index (Phi) is 4.86. The van der Waals surface area contributed by atoms with E-state index in [0.717, 1.165) is 5.56 Å². The van der Waals surface area contributed by atoms with Crippen molar-refractivity contribution in [1.82, 2.24) is 0 Å². The van der Waals surface area contributed by atoms with Crippen molar-refractivity contribution in [1.29, 1.82) is 0 Å². The Bertz CT molecular complexity index is 312. The summed E-state index contributed by atoms with van der Waals surface area (Å²) in [6.45, 7) is 1.94. The van der Waals surface area contributed by atoms with Gasteiger partial charge in [-0.25, -0.2) is 0 Å². The van der Waals surface area contributed by atoms with Gasteiger partial charge in [-0.3, -0.25) is 0 Å². The molecule has 0 unspecified atom stereocenters. The molecule has 13 heavy (non-hydrogen) atoms. The Morgan fingerprint density at radius 3 is 2.92 bits per heavy atom. The summed E-state index contributed by atoms with van der Waals surface area (Å²) in [5, 5.41) is 0. The summed E-state index contributed by atoms with van der Waals surface area (Å²) in [6.07, 6.45) is 3.84. The molecule has 1 rings (SSSR count). The third-order valence-corrected chi connectivity index (χ3v) is 3.27. The molecule has 4 heteroatoms. The van der Waals surface area contributed by atoms with E-state index in [4.69, 9.17) is 8.80 Å². The summed E-state index contributed by atoms with van der Waals surface area (Å²) in [4.78, 5) is 0. The van der Waals surface area contributed by atoms with Gasteiger partial charge in [0.1, 0.15) is 0 Å². The van der Waals surface area contributed by atoms with Crippen LogP contribution in [0.4, 0.5) is 5.69 Å². The Labute approximate surface area is 98.5 Å². The molecule has 0 bridgehead atoms. The van der Waals surface area contributed by atoms with Crippen LogP contribution in [0.2, 0.25) is 0 Å². The summed E-state index contributed by atoms with van der Waals surface area (Å²) in [5.74, 6) is 0.692. The fourth-order valence-corrected chi connectivity index (χ4v) is 2.71. The normalized spacial score (nSPS) is 10.9. The van der Waals surface area contributed by atoms with Crippen LogP contribution >= 0.6 is 18.6 Å². The second-order valence-electron chi connectivity index (χ2n) is 2.36. The minimum atomic E-state index is -0.285. The van der Waals surface area contributed by atoms with Crippen molar-refractivity contribution < 1.29 is 20.7 Å². The van der Waals surface area contributed by atoms with Crippen molar-refractivity contribution in [3.8, 4) is 5.75 Å². The Morgan fingerprint density at radius 1 is 1.54 bits per heavy atom. The summed E-state index contributed by atoms with van der Waals surface area (Å²) < 4.78 is 5.40. The molecular weight excluding hydrogens is 392 g/mol. The summed E-state index contributed by atoms with van der Waals surface area (Å²) in [7, 11) is 0. The van der Waals surface area contributed by atoms with Crippen LogP contribution in [0, 0.1) is 0 Å². The Morgan fingerprint density at radius 2 is 2.31 bits per heavy atom. The second kappa shape index (κ2) is 5.69. The number of benzene rings is 1. The molecule has 0 heterocycles. The van der Waals surface area contributed by atoms with Crippen molar-refractivity contribution >= 4 is 30.4 Å². The van der Waals surface area contributed by atoms with Crippen molar-refractivity contribution in [3.05, 3.63) is 35.6 Å². The monoisotopic (exact) mass is 401 g/mol. The van der Waals surface area contributed by atoms with E-state index >= 15 is 0 Å². The average Bonchev–Trinajstić information content (AvgIpc) is 2.13. The van der Waals surface area contributed by atoms with Crippen LogP contribution in [-0.4, -0.2) is 0 Å². The predicted molar refractivity (Wildman–Crippen MR) is 59.8 cm³/mol. The number of allylic oxidation sites excluding steroid dienone is 1. The van der Waals surface area contributed by atoms with Gasteiger partial charge in [-0.05, 0) is 0 Å². The standard InChI is InChI=1S/C9H9I2NO/c1-2-4-7-5-3-6-8(9(7)12)13-11-10/h2-6,12H,1H3/q-2/b4-2-. The molecule has 0 atom stereocenters. The summed E-state index contributed by atoms with van der Waals surface area (Å²) in [6, 6.07) is 5.67. The molecule has 1 N–H and O–H groups in total. The molecule has 72 valence electrons. The van der Waals surface area contributed by atoms with Crippen LogP contribution in [0.1, 0.15) is 12.5 Å². The van der Waals surface area contributed by atoms with Gasteiger partial charge in [-0.1, -0.05) is 0 Å². The van der Waals surface area contributed by atoms with E-state index in [1.54, 1.807) is 0 Å². The minimum absolute atomic E-state index is 0.285. The van der Waals surface area contributed by atoms with Crippen LogP contribution in [0.25, 0.3) is 11.8 Å². The van der Waals surface area contributed by atoms with Crippen LogP contribution in [0.3, 0.4) is 0 Å². The first-order valence-corrected chi connectivity index (χ1v) is 10.9. The first kappa shape index (κ1) is 11.1. The van der Waals surface area contributed by atoms with Gasteiger partial charge in [0, 0.05) is 0 Å². The van der Waals surface area contributed by atoms with Crippen LogP contribution in [0.15, 0.2) is 24.3 Å². The van der Waals surface area contributed by atoms with Crippen LogP contribution < -0.4 is 20.7 Å². The van der Waals surface area contributed by atoms with E-state index in [1.807, 2.05) is 37.3 Å². The SMILES string of the molecule is C/C=C\c1cccc(O[I-]I)c1[NH-]. The molecule has 1 aromatic rings. The van der Waals surface area contributed by atoms with Gasteiger partial charge in [0.15, 0.2) is 0 Å². The van der Waals surface area contributed by atoms with Gasteiger partial charge < -0.3 is 0 Å². The van der Waals surface area contributed by atoms with Crippen LogP contribution in [0.5, 0.6) is 5.75 Å². The zero-order chi connectivity index (χ0) is 9.68. The van der Waals surface area contributed by atoms with E-state index in [0.29, 0.717) is 11.4 Å². The first-order chi connectivity index (χ1) is 6.29. The molecule has 0 aromatic heterocycles. The fourth-order valence-electron chi connectivity index (χ4n) is 0.962. The third kappa shape index (κ3) is 3.01. The van der Waals surface area contributed by atoms with E-state index in [2.05, 4.69) is 18.6 Å². The molecule has 0 aliphatic heterocycles. The van der Waals surface area contributed by atoms with Gasteiger partial charge in [0.05, 0.1) is 0 Å². The van der Waals surface area contributed by atoms with Gasteiger partial charge in [0.25, 0.3) is 0 Å². The number of hydrogen-bond donors (Lipinski definition) is 0.